The number of fused-ring (bicyclic) bond motifs is 1. The highest BCUT2D eigenvalue weighted by molar-refractivity contribution is 5.94. The average Bonchev–Trinajstić information content (AvgIpc) is 2.55. The Morgan fingerprint density at radius 2 is 2.00 bits per heavy atom. The molecule has 1 aliphatic rings. The van der Waals surface area contributed by atoms with Gasteiger partial charge >= 0.3 is 0 Å². The Bertz CT molecular complexity index is 724. The van der Waals surface area contributed by atoms with Crippen LogP contribution in [0.25, 0.3) is 0 Å². The highest BCUT2D eigenvalue weighted by atomic mass is 16.2. The molecule has 0 saturated heterocycles. The summed E-state index contributed by atoms with van der Waals surface area (Å²) in [5.41, 5.74) is 11.3. The molecule has 0 atom stereocenters. The van der Waals surface area contributed by atoms with Gasteiger partial charge in [0.25, 0.3) is 5.91 Å². The van der Waals surface area contributed by atoms with E-state index in [1.807, 2.05) is 30.3 Å². The average molecular weight is 309 g/mol. The van der Waals surface area contributed by atoms with Gasteiger partial charge in [-0.1, -0.05) is 18.2 Å². The smallest absolute Gasteiger partial charge is 0.253 e. The van der Waals surface area contributed by atoms with E-state index in [-0.39, 0.29) is 5.91 Å². The fraction of sp³-hybridized carbons (Fsp3) is 0.316. The molecule has 1 amide bonds. The van der Waals surface area contributed by atoms with E-state index < -0.39 is 0 Å². The second-order valence-electron chi connectivity index (χ2n) is 6.27. The molecule has 3 rings (SSSR count). The van der Waals surface area contributed by atoms with Gasteiger partial charge in [-0.2, -0.15) is 0 Å². The summed E-state index contributed by atoms with van der Waals surface area (Å²) in [6, 6.07) is 14.0. The van der Waals surface area contributed by atoms with Gasteiger partial charge in [-0.3, -0.25) is 4.79 Å². The van der Waals surface area contributed by atoms with Gasteiger partial charge < -0.3 is 15.5 Å². The van der Waals surface area contributed by atoms with E-state index in [1.54, 1.807) is 19.0 Å². The molecule has 23 heavy (non-hydrogen) atoms. The molecule has 120 valence electrons. The number of hydrogen-bond acceptors (Lipinski definition) is 3. The molecular formula is C19H23N3O. The van der Waals surface area contributed by atoms with Crippen molar-refractivity contribution in [2.75, 3.05) is 31.3 Å². The number of hydrogen-bond donors (Lipinski definition) is 1. The van der Waals surface area contributed by atoms with Crippen LogP contribution in [-0.4, -0.2) is 31.4 Å². The number of carbonyl (C=O) groups is 1. The third-order valence-corrected chi connectivity index (χ3v) is 4.34. The molecule has 0 aromatic heterocycles. The first-order valence-corrected chi connectivity index (χ1v) is 7.99. The van der Waals surface area contributed by atoms with Crippen LogP contribution in [0.4, 0.5) is 11.4 Å². The standard InChI is InChI=1S/C19H23N3O/c1-21(2)19(23)15-7-3-6-14(12-15)13-22-11-5-8-16-17(20)9-4-10-18(16)22/h3-4,6-7,9-10,12H,5,8,11,13,20H2,1-2H3. The van der Waals surface area contributed by atoms with Crippen LogP contribution < -0.4 is 10.6 Å². The summed E-state index contributed by atoms with van der Waals surface area (Å²) in [7, 11) is 3.55. The van der Waals surface area contributed by atoms with Crippen LogP contribution in [0.3, 0.4) is 0 Å². The van der Waals surface area contributed by atoms with Gasteiger partial charge in [0.2, 0.25) is 0 Å². The van der Waals surface area contributed by atoms with E-state index in [0.29, 0.717) is 0 Å². The fourth-order valence-electron chi connectivity index (χ4n) is 3.17. The molecule has 0 aliphatic carbocycles. The van der Waals surface area contributed by atoms with Crippen molar-refractivity contribution < 1.29 is 4.79 Å². The lowest BCUT2D eigenvalue weighted by atomic mass is 9.99. The molecule has 0 saturated carbocycles. The molecule has 0 spiro atoms. The van der Waals surface area contributed by atoms with E-state index in [0.717, 1.165) is 42.7 Å². The zero-order valence-corrected chi connectivity index (χ0v) is 13.7. The lowest BCUT2D eigenvalue weighted by molar-refractivity contribution is 0.0827. The number of carbonyl (C=O) groups excluding carboxylic acids is 1. The van der Waals surface area contributed by atoms with E-state index in [9.17, 15) is 4.79 Å². The van der Waals surface area contributed by atoms with Crippen LogP contribution in [0.5, 0.6) is 0 Å². The summed E-state index contributed by atoms with van der Waals surface area (Å²) in [5, 5.41) is 0. The summed E-state index contributed by atoms with van der Waals surface area (Å²) in [4.78, 5) is 16.1. The van der Waals surface area contributed by atoms with E-state index >= 15 is 0 Å². The molecule has 2 aromatic carbocycles. The van der Waals surface area contributed by atoms with E-state index in [4.69, 9.17) is 5.73 Å². The number of benzene rings is 2. The van der Waals surface area contributed by atoms with Crippen molar-refractivity contribution in [2.24, 2.45) is 0 Å². The quantitative estimate of drug-likeness (QED) is 0.887. The minimum absolute atomic E-state index is 0.0372. The first-order valence-electron chi connectivity index (χ1n) is 7.99. The summed E-state index contributed by atoms with van der Waals surface area (Å²) >= 11 is 0. The molecule has 1 aliphatic heterocycles. The minimum atomic E-state index is 0.0372. The minimum Gasteiger partial charge on any atom is -0.398 e. The molecule has 0 bridgehead atoms. The summed E-state index contributed by atoms with van der Waals surface area (Å²) < 4.78 is 0. The number of nitrogens with zero attached hydrogens (tertiary/aromatic N) is 2. The van der Waals surface area contributed by atoms with Crippen LogP contribution in [-0.2, 0) is 13.0 Å². The highest BCUT2D eigenvalue weighted by Crippen LogP contribution is 2.32. The fourth-order valence-corrected chi connectivity index (χ4v) is 3.17. The molecule has 2 aromatic rings. The summed E-state index contributed by atoms with van der Waals surface area (Å²) in [6.45, 7) is 1.81. The normalized spacial score (nSPS) is 13.6. The topological polar surface area (TPSA) is 49.6 Å². The first-order chi connectivity index (χ1) is 11.1. The maximum Gasteiger partial charge on any atom is 0.253 e. The van der Waals surface area contributed by atoms with Crippen LogP contribution in [0.15, 0.2) is 42.5 Å². The van der Waals surface area contributed by atoms with Crippen LogP contribution >= 0.6 is 0 Å². The van der Waals surface area contributed by atoms with Gasteiger partial charge in [-0.15, -0.1) is 0 Å². The molecule has 2 N–H and O–H groups in total. The van der Waals surface area contributed by atoms with Crippen molar-refractivity contribution in [3.63, 3.8) is 0 Å². The van der Waals surface area contributed by atoms with Crippen molar-refractivity contribution in [2.45, 2.75) is 19.4 Å². The molecule has 4 nitrogen and oxygen atoms in total. The molecular weight excluding hydrogens is 286 g/mol. The Labute approximate surface area is 137 Å². The Kier molecular flexibility index (Phi) is 4.24. The van der Waals surface area contributed by atoms with Gasteiger partial charge in [0, 0.05) is 44.1 Å². The van der Waals surface area contributed by atoms with Gasteiger partial charge in [0.05, 0.1) is 0 Å². The molecule has 1 heterocycles. The Hall–Kier alpha value is -2.49. The van der Waals surface area contributed by atoms with Crippen LogP contribution in [0.2, 0.25) is 0 Å². The van der Waals surface area contributed by atoms with Gasteiger partial charge in [0.15, 0.2) is 0 Å². The Balaban J connectivity index is 1.85. The van der Waals surface area contributed by atoms with Gasteiger partial charge in [0.1, 0.15) is 0 Å². The number of amides is 1. The predicted molar refractivity (Wildman–Crippen MR) is 94.7 cm³/mol. The molecule has 4 heteroatoms. The largest absolute Gasteiger partial charge is 0.398 e. The van der Waals surface area contributed by atoms with E-state index in [2.05, 4.69) is 17.0 Å². The first kappa shape index (κ1) is 15.4. The Morgan fingerprint density at radius 1 is 1.22 bits per heavy atom. The van der Waals surface area contributed by atoms with Crippen molar-refractivity contribution in [3.05, 3.63) is 59.2 Å². The van der Waals surface area contributed by atoms with Crippen molar-refractivity contribution in [3.8, 4) is 0 Å². The van der Waals surface area contributed by atoms with Crippen LogP contribution in [0, 0.1) is 0 Å². The highest BCUT2D eigenvalue weighted by Gasteiger charge is 2.19. The van der Waals surface area contributed by atoms with Crippen molar-refractivity contribution >= 4 is 17.3 Å². The third kappa shape index (κ3) is 3.16. The van der Waals surface area contributed by atoms with Gasteiger partial charge in [-0.25, -0.2) is 0 Å². The second-order valence-corrected chi connectivity index (χ2v) is 6.27. The number of nitrogens with two attached hydrogens (primary N) is 1. The number of rotatable bonds is 3. The zero-order chi connectivity index (χ0) is 16.4. The maximum atomic E-state index is 12.1. The van der Waals surface area contributed by atoms with Crippen molar-refractivity contribution in [1.82, 2.24) is 4.90 Å². The van der Waals surface area contributed by atoms with Gasteiger partial charge in [-0.05, 0) is 48.2 Å². The number of anilines is 2. The third-order valence-electron chi connectivity index (χ3n) is 4.34. The molecule has 0 unspecified atom stereocenters. The van der Waals surface area contributed by atoms with Crippen LogP contribution in [0.1, 0.15) is 27.9 Å². The molecule has 0 radical (unpaired) electrons. The maximum absolute atomic E-state index is 12.1. The van der Waals surface area contributed by atoms with E-state index in [1.165, 1.54) is 11.3 Å². The monoisotopic (exact) mass is 309 g/mol. The second kappa shape index (κ2) is 6.32. The Morgan fingerprint density at radius 3 is 2.78 bits per heavy atom. The summed E-state index contributed by atoms with van der Waals surface area (Å²) in [5.74, 6) is 0.0372. The summed E-state index contributed by atoms with van der Waals surface area (Å²) in [6.07, 6.45) is 2.15. The molecule has 0 fully saturated rings. The van der Waals surface area contributed by atoms with Crippen molar-refractivity contribution in [1.29, 1.82) is 0 Å². The number of nitrogen functional groups attached to an aromatic ring is 1. The zero-order valence-electron chi connectivity index (χ0n) is 13.7. The lowest BCUT2D eigenvalue weighted by Gasteiger charge is -2.32. The predicted octanol–water partition coefficient (Wildman–Crippen LogP) is 2.92. The lowest BCUT2D eigenvalue weighted by Crippen LogP contribution is -2.29. The SMILES string of the molecule is CN(C)C(=O)c1cccc(CN2CCCc3c(N)cccc32)c1.